The number of benzene rings is 1. The molecule has 0 aliphatic carbocycles. The van der Waals surface area contributed by atoms with Crippen molar-refractivity contribution in [1.29, 1.82) is 5.26 Å². The molecule has 0 atom stereocenters. The van der Waals surface area contributed by atoms with Gasteiger partial charge in [0.05, 0.1) is 23.9 Å². The molecule has 2 aromatic heterocycles. The van der Waals surface area contributed by atoms with Crippen molar-refractivity contribution in [1.82, 2.24) is 4.57 Å². The van der Waals surface area contributed by atoms with Crippen LogP contribution in [-0.2, 0) is 6.42 Å². The summed E-state index contributed by atoms with van der Waals surface area (Å²) >= 11 is 1.38. The van der Waals surface area contributed by atoms with Crippen LogP contribution in [-0.4, -0.2) is 17.6 Å². The van der Waals surface area contributed by atoms with Gasteiger partial charge >= 0.3 is 0 Å². The van der Waals surface area contributed by atoms with Crippen LogP contribution in [0, 0.1) is 18.3 Å². The van der Waals surface area contributed by atoms with E-state index in [0.29, 0.717) is 27.6 Å². The molecule has 1 aromatic carbocycles. The summed E-state index contributed by atoms with van der Waals surface area (Å²) in [7, 11) is 1.53. The summed E-state index contributed by atoms with van der Waals surface area (Å²) in [6, 6.07) is 12.2. The van der Waals surface area contributed by atoms with E-state index in [1.165, 1.54) is 41.3 Å². The molecular formula is C21H19N3O3S. The highest BCUT2D eigenvalue weighted by molar-refractivity contribution is 7.16. The summed E-state index contributed by atoms with van der Waals surface area (Å²) in [6.45, 7) is 3.90. The number of amides is 1. The zero-order chi connectivity index (χ0) is 20.3. The Bertz CT molecular complexity index is 1140. The number of rotatable bonds is 5. The van der Waals surface area contributed by atoms with E-state index < -0.39 is 0 Å². The first-order valence-electron chi connectivity index (χ1n) is 8.68. The zero-order valence-electron chi connectivity index (χ0n) is 15.8. The molecule has 1 N–H and O–H groups in total. The minimum Gasteiger partial charge on any atom is -0.495 e. The number of nitriles is 1. The number of carbonyl (C=O) groups excluding carboxylic acids is 1. The molecule has 6 nitrogen and oxygen atoms in total. The number of nitrogens with one attached hydrogen (secondary N) is 1. The number of anilines is 1. The SMILES string of the molecule is CCc1cc(C#N)c(NC(=O)c2ccc(=O)n(-c3cc(C)ccc3OC)c2)s1. The summed E-state index contributed by atoms with van der Waals surface area (Å²) in [5.74, 6) is 0.143. The molecule has 0 spiro atoms. The van der Waals surface area contributed by atoms with Crippen molar-refractivity contribution in [2.45, 2.75) is 20.3 Å². The van der Waals surface area contributed by atoms with E-state index in [2.05, 4.69) is 11.4 Å². The lowest BCUT2D eigenvalue weighted by Crippen LogP contribution is -2.21. The van der Waals surface area contributed by atoms with Crippen molar-refractivity contribution in [2.24, 2.45) is 0 Å². The molecular weight excluding hydrogens is 374 g/mol. The third-order valence-corrected chi connectivity index (χ3v) is 5.44. The smallest absolute Gasteiger partial charge is 0.257 e. The second kappa shape index (κ2) is 8.11. The first kappa shape index (κ1) is 19.4. The van der Waals surface area contributed by atoms with Crippen LogP contribution in [0.15, 0.2) is 47.4 Å². The molecule has 0 saturated heterocycles. The average molecular weight is 393 g/mol. The van der Waals surface area contributed by atoms with Gasteiger partial charge in [-0.2, -0.15) is 5.26 Å². The highest BCUT2D eigenvalue weighted by Crippen LogP contribution is 2.28. The number of hydrogen-bond acceptors (Lipinski definition) is 5. The minimum absolute atomic E-state index is 0.275. The number of methoxy groups -OCH3 is 1. The van der Waals surface area contributed by atoms with Gasteiger partial charge in [0.15, 0.2) is 0 Å². The van der Waals surface area contributed by atoms with Crippen LogP contribution in [0.25, 0.3) is 5.69 Å². The molecule has 3 aromatic rings. The topological polar surface area (TPSA) is 84.1 Å². The fourth-order valence-electron chi connectivity index (χ4n) is 2.77. The van der Waals surface area contributed by atoms with Crippen LogP contribution in [0.1, 0.15) is 33.3 Å². The lowest BCUT2D eigenvalue weighted by molar-refractivity contribution is 0.102. The average Bonchev–Trinajstić information content (AvgIpc) is 3.10. The molecule has 0 radical (unpaired) electrons. The Morgan fingerprint density at radius 2 is 2.07 bits per heavy atom. The molecule has 0 saturated carbocycles. The molecule has 0 unspecified atom stereocenters. The van der Waals surface area contributed by atoms with Gasteiger partial charge in [-0.3, -0.25) is 14.2 Å². The van der Waals surface area contributed by atoms with Gasteiger partial charge in [0.2, 0.25) is 0 Å². The van der Waals surface area contributed by atoms with E-state index in [9.17, 15) is 14.9 Å². The Morgan fingerprint density at radius 3 is 2.75 bits per heavy atom. The second-order valence-electron chi connectivity index (χ2n) is 6.18. The number of pyridine rings is 1. The lowest BCUT2D eigenvalue weighted by Gasteiger charge is -2.13. The summed E-state index contributed by atoms with van der Waals surface area (Å²) in [5.41, 5.74) is 1.98. The third kappa shape index (κ3) is 3.82. The van der Waals surface area contributed by atoms with Crippen LogP contribution < -0.4 is 15.6 Å². The molecule has 28 heavy (non-hydrogen) atoms. The van der Waals surface area contributed by atoms with Crippen molar-refractivity contribution in [3.05, 3.63) is 74.5 Å². The Balaban J connectivity index is 1.99. The predicted octanol–water partition coefficient (Wildman–Crippen LogP) is 3.90. The van der Waals surface area contributed by atoms with Crippen molar-refractivity contribution in [3.8, 4) is 17.5 Å². The minimum atomic E-state index is -0.388. The Morgan fingerprint density at radius 1 is 1.29 bits per heavy atom. The normalized spacial score (nSPS) is 10.4. The number of aryl methyl sites for hydroxylation is 2. The van der Waals surface area contributed by atoms with E-state index in [4.69, 9.17) is 4.74 Å². The first-order valence-corrected chi connectivity index (χ1v) is 9.50. The summed E-state index contributed by atoms with van der Waals surface area (Å²) in [4.78, 5) is 26.2. The van der Waals surface area contributed by atoms with Gasteiger partial charge in [-0.25, -0.2) is 0 Å². The maximum Gasteiger partial charge on any atom is 0.257 e. The summed E-state index contributed by atoms with van der Waals surface area (Å²) in [6.07, 6.45) is 2.27. The van der Waals surface area contributed by atoms with Crippen molar-refractivity contribution < 1.29 is 9.53 Å². The van der Waals surface area contributed by atoms with E-state index >= 15 is 0 Å². The lowest BCUT2D eigenvalue weighted by atomic mass is 10.2. The number of hydrogen-bond donors (Lipinski definition) is 1. The van der Waals surface area contributed by atoms with Gasteiger partial charge < -0.3 is 10.1 Å². The fraction of sp³-hybridized carbons (Fsp3) is 0.190. The van der Waals surface area contributed by atoms with Gasteiger partial charge in [-0.1, -0.05) is 13.0 Å². The van der Waals surface area contributed by atoms with Crippen LogP contribution in [0.3, 0.4) is 0 Å². The number of ether oxygens (including phenoxy) is 1. The molecule has 2 heterocycles. The molecule has 1 amide bonds. The number of carbonyl (C=O) groups is 1. The van der Waals surface area contributed by atoms with Crippen molar-refractivity contribution in [2.75, 3.05) is 12.4 Å². The van der Waals surface area contributed by atoms with E-state index in [-0.39, 0.29) is 11.5 Å². The zero-order valence-corrected chi connectivity index (χ0v) is 16.6. The molecule has 0 aliphatic heterocycles. The standard InChI is InChI=1S/C21H19N3O3S/c1-4-16-10-15(11-22)21(28-16)23-20(26)14-6-8-19(25)24(12-14)17-9-13(2)5-7-18(17)27-3/h5-10,12H,4H2,1-3H3,(H,23,26). The van der Waals surface area contributed by atoms with E-state index in [1.807, 2.05) is 26.0 Å². The third-order valence-electron chi connectivity index (χ3n) is 4.25. The van der Waals surface area contributed by atoms with Gasteiger partial charge in [0.1, 0.15) is 16.8 Å². The largest absolute Gasteiger partial charge is 0.495 e. The van der Waals surface area contributed by atoms with E-state index in [1.54, 1.807) is 12.1 Å². The van der Waals surface area contributed by atoms with Crippen molar-refractivity contribution >= 4 is 22.2 Å². The maximum atomic E-state index is 12.7. The second-order valence-corrected chi connectivity index (χ2v) is 7.31. The van der Waals surface area contributed by atoms with Gasteiger partial charge in [-0.05, 0) is 43.2 Å². The highest BCUT2D eigenvalue weighted by Gasteiger charge is 2.15. The quantitative estimate of drug-likeness (QED) is 0.712. The summed E-state index contributed by atoms with van der Waals surface area (Å²) < 4.78 is 6.74. The Labute approximate surface area is 166 Å². The first-order chi connectivity index (χ1) is 13.5. The molecule has 0 aliphatic rings. The van der Waals surface area contributed by atoms with Crippen LogP contribution >= 0.6 is 11.3 Å². The van der Waals surface area contributed by atoms with E-state index in [0.717, 1.165) is 16.9 Å². The van der Waals surface area contributed by atoms with Gasteiger partial charge in [0.25, 0.3) is 11.5 Å². The molecule has 0 fully saturated rings. The molecule has 3 rings (SSSR count). The predicted molar refractivity (Wildman–Crippen MR) is 110 cm³/mol. The van der Waals surface area contributed by atoms with Crippen LogP contribution in [0.5, 0.6) is 5.75 Å². The highest BCUT2D eigenvalue weighted by atomic mass is 32.1. The van der Waals surface area contributed by atoms with Gasteiger partial charge in [0, 0.05) is 17.1 Å². The summed E-state index contributed by atoms with van der Waals surface area (Å²) in [5, 5.41) is 12.6. The van der Waals surface area contributed by atoms with Gasteiger partial charge in [-0.15, -0.1) is 11.3 Å². The number of thiophene rings is 1. The Kier molecular flexibility index (Phi) is 5.62. The van der Waals surface area contributed by atoms with Crippen LogP contribution in [0.2, 0.25) is 0 Å². The molecule has 0 bridgehead atoms. The molecule has 7 heteroatoms. The maximum absolute atomic E-state index is 12.7. The van der Waals surface area contributed by atoms with Crippen LogP contribution in [0.4, 0.5) is 5.00 Å². The van der Waals surface area contributed by atoms with Crippen molar-refractivity contribution in [3.63, 3.8) is 0 Å². The Hall–Kier alpha value is -3.37. The number of aromatic nitrogens is 1. The molecule has 142 valence electrons. The number of nitrogens with zero attached hydrogens (tertiary/aromatic N) is 2. The fourth-order valence-corrected chi connectivity index (χ4v) is 3.71. The monoisotopic (exact) mass is 393 g/mol.